The molecule has 0 aromatic carbocycles. The van der Waals surface area contributed by atoms with Crippen LogP contribution in [0, 0.1) is 0 Å². The van der Waals surface area contributed by atoms with Gasteiger partial charge in [-0.15, -0.1) is 0 Å². The molecule has 0 amide bonds. The Morgan fingerprint density at radius 1 is 1.33 bits per heavy atom. The number of esters is 2. The van der Waals surface area contributed by atoms with Crippen molar-refractivity contribution in [3.05, 3.63) is 12.3 Å². The summed E-state index contributed by atoms with van der Waals surface area (Å²) in [5.41, 5.74) is 0. The Balaban J connectivity index is 2.37. The van der Waals surface area contributed by atoms with Crippen LogP contribution >= 0.6 is 0 Å². The molecule has 102 valence electrons. The molecule has 1 aliphatic heterocycles. The topological polar surface area (TPSA) is 71.1 Å². The molecular formula is C12H18O6. The summed E-state index contributed by atoms with van der Waals surface area (Å²) < 4.78 is 19.9. The molecule has 0 bridgehead atoms. The van der Waals surface area contributed by atoms with Gasteiger partial charge in [0.05, 0.1) is 45.2 Å². The number of ether oxygens (including phenoxy) is 4. The standard InChI is InChI=1S/C12H18O6/c1-8-10(17-5-4-11(13)15-2)6-9(18-8)7-12(14)16-3/h4-5,8-10H,6-7H2,1-3H3/b5-4+/t8-,9-,10+/m1/s1. The SMILES string of the molecule is COC(=O)/C=C/O[C@H]1C[C@H](CC(=O)OC)O[C@@H]1C. The van der Waals surface area contributed by atoms with Crippen LogP contribution in [0.5, 0.6) is 0 Å². The quantitative estimate of drug-likeness (QED) is 0.412. The molecule has 6 nitrogen and oxygen atoms in total. The van der Waals surface area contributed by atoms with Gasteiger partial charge in [0.2, 0.25) is 0 Å². The van der Waals surface area contributed by atoms with Crippen LogP contribution in [0.4, 0.5) is 0 Å². The zero-order valence-electron chi connectivity index (χ0n) is 10.8. The third-order valence-corrected chi connectivity index (χ3v) is 2.71. The smallest absolute Gasteiger partial charge is 0.333 e. The summed E-state index contributed by atoms with van der Waals surface area (Å²) in [5, 5.41) is 0. The van der Waals surface area contributed by atoms with Gasteiger partial charge >= 0.3 is 11.9 Å². The molecule has 0 spiro atoms. The van der Waals surface area contributed by atoms with Crippen LogP contribution in [0.1, 0.15) is 19.8 Å². The lowest BCUT2D eigenvalue weighted by molar-refractivity contribution is -0.143. The minimum Gasteiger partial charge on any atom is -0.495 e. The maximum Gasteiger partial charge on any atom is 0.333 e. The highest BCUT2D eigenvalue weighted by molar-refractivity contribution is 5.81. The first-order valence-electron chi connectivity index (χ1n) is 5.69. The number of hydrogen-bond donors (Lipinski definition) is 0. The van der Waals surface area contributed by atoms with Crippen LogP contribution in [0.2, 0.25) is 0 Å². The van der Waals surface area contributed by atoms with E-state index < -0.39 is 5.97 Å². The minimum atomic E-state index is -0.479. The maximum atomic E-state index is 11.1. The minimum absolute atomic E-state index is 0.137. The van der Waals surface area contributed by atoms with Crippen molar-refractivity contribution in [3.8, 4) is 0 Å². The zero-order chi connectivity index (χ0) is 13.5. The van der Waals surface area contributed by atoms with Crippen molar-refractivity contribution in [1.29, 1.82) is 0 Å². The van der Waals surface area contributed by atoms with Crippen LogP contribution in [-0.4, -0.2) is 44.5 Å². The largest absolute Gasteiger partial charge is 0.495 e. The van der Waals surface area contributed by atoms with Crippen molar-refractivity contribution in [2.24, 2.45) is 0 Å². The molecule has 0 aromatic heterocycles. The van der Waals surface area contributed by atoms with Gasteiger partial charge in [-0.2, -0.15) is 0 Å². The average molecular weight is 258 g/mol. The molecule has 1 heterocycles. The summed E-state index contributed by atoms with van der Waals surface area (Å²) in [6.07, 6.45) is 2.76. The second kappa shape index (κ2) is 7.00. The molecule has 1 rings (SSSR count). The van der Waals surface area contributed by atoms with E-state index in [1.165, 1.54) is 26.6 Å². The maximum absolute atomic E-state index is 11.1. The van der Waals surface area contributed by atoms with Crippen molar-refractivity contribution in [2.75, 3.05) is 14.2 Å². The monoisotopic (exact) mass is 258 g/mol. The van der Waals surface area contributed by atoms with Crippen molar-refractivity contribution in [3.63, 3.8) is 0 Å². The number of hydrogen-bond acceptors (Lipinski definition) is 6. The lowest BCUT2D eigenvalue weighted by Gasteiger charge is -2.12. The zero-order valence-corrected chi connectivity index (χ0v) is 10.8. The molecular weight excluding hydrogens is 240 g/mol. The molecule has 0 saturated carbocycles. The molecule has 0 radical (unpaired) electrons. The van der Waals surface area contributed by atoms with Gasteiger partial charge in [-0.05, 0) is 6.92 Å². The Kier molecular flexibility index (Phi) is 5.64. The van der Waals surface area contributed by atoms with Gasteiger partial charge in [0.15, 0.2) is 0 Å². The Hall–Kier alpha value is -1.56. The first-order chi connectivity index (χ1) is 8.56. The fourth-order valence-electron chi connectivity index (χ4n) is 1.73. The summed E-state index contributed by atoms with van der Waals surface area (Å²) in [6, 6.07) is 0. The number of carbonyl (C=O) groups is 2. The number of methoxy groups -OCH3 is 2. The van der Waals surface area contributed by atoms with E-state index in [0.717, 1.165) is 0 Å². The summed E-state index contributed by atoms with van der Waals surface area (Å²) >= 11 is 0. The van der Waals surface area contributed by atoms with E-state index in [0.29, 0.717) is 6.42 Å². The third-order valence-electron chi connectivity index (χ3n) is 2.71. The molecule has 0 N–H and O–H groups in total. The first kappa shape index (κ1) is 14.5. The Morgan fingerprint density at radius 2 is 2.06 bits per heavy atom. The van der Waals surface area contributed by atoms with Crippen LogP contribution in [0.15, 0.2) is 12.3 Å². The molecule has 18 heavy (non-hydrogen) atoms. The van der Waals surface area contributed by atoms with E-state index in [1.807, 2.05) is 6.92 Å². The van der Waals surface area contributed by atoms with E-state index in [1.54, 1.807) is 0 Å². The number of carbonyl (C=O) groups excluding carboxylic acids is 2. The normalized spacial score (nSPS) is 27.2. The second-order valence-electron chi connectivity index (χ2n) is 3.98. The van der Waals surface area contributed by atoms with Gasteiger partial charge in [-0.25, -0.2) is 4.79 Å². The Morgan fingerprint density at radius 3 is 2.67 bits per heavy atom. The summed E-state index contributed by atoms with van der Waals surface area (Å²) in [7, 11) is 2.63. The predicted molar refractivity (Wildman–Crippen MR) is 61.6 cm³/mol. The average Bonchev–Trinajstić information content (AvgIpc) is 2.69. The molecule has 0 unspecified atom stereocenters. The predicted octanol–water partition coefficient (Wildman–Crippen LogP) is 0.799. The fraction of sp³-hybridized carbons (Fsp3) is 0.667. The van der Waals surface area contributed by atoms with Gasteiger partial charge in [0, 0.05) is 6.42 Å². The van der Waals surface area contributed by atoms with Gasteiger partial charge in [0.25, 0.3) is 0 Å². The molecule has 0 aromatic rings. The molecule has 1 fully saturated rings. The van der Waals surface area contributed by atoms with Crippen molar-refractivity contribution in [2.45, 2.75) is 38.1 Å². The highest BCUT2D eigenvalue weighted by atomic mass is 16.6. The van der Waals surface area contributed by atoms with Crippen LogP contribution in [0.25, 0.3) is 0 Å². The fourth-order valence-corrected chi connectivity index (χ4v) is 1.73. The van der Waals surface area contributed by atoms with Crippen molar-refractivity contribution < 1.29 is 28.5 Å². The summed E-state index contributed by atoms with van der Waals surface area (Å²) in [4.78, 5) is 21.9. The van der Waals surface area contributed by atoms with E-state index >= 15 is 0 Å². The molecule has 6 heteroatoms. The van der Waals surface area contributed by atoms with Crippen LogP contribution in [-0.2, 0) is 28.5 Å². The number of rotatable bonds is 5. The molecule has 1 saturated heterocycles. The highest BCUT2D eigenvalue weighted by Gasteiger charge is 2.34. The molecule has 3 atom stereocenters. The summed E-state index contributed by atoms with van der Waals surface area (Å²) in [6.45, 7) is 1.86. The third kappa shape index (κ3) is 4.37. The van der Waals surface area contributed by atoms with Gasteiger partial charge in [-0.1, -0.05) is 0 Å². The molecule has 1 aliphatic rings. The van der Waals surface area contributed by atoms with Gasteiger partial charge in [-0.3, -0.25) is 4.79 Å². The van der Waals surface area contributed by atoms with Crippen molar-refractivity contribution >= 4 is 11.9 Å². The second-order valence-corrected chi connectivity index (χ2v) is 3.98. The highest BCUT2D eigenvalue weighted by Crippen LogP contribution is 2.25. The molecule has 0 aliphatic carbocycles. The van der Waals surface area contributed by atoms with E-state index in [2.05, 4.69) is 9.47 Å². The van der Waals surface area contributed by atoms with E-state index in [-0.39, 0.29) is 30.7 Å². The van der Waals surface area contributed by atoms with Crippen LogP contribution < -0.4 is 0 Å². The lowest BCUT2D eigenvalue weighted by Crippen LogP contribution is -2.18. The Bertz CT molecular complexity index is 325. The Labute approximate surface area is 106 Å². The van der Waals surface area contributed by atoms with Crippen LogP contribution in [0.3, 0.4) is 0 Å². The van der Waals surface area contributed by atoms with E-state index in [9.17, 15) is 9.59 Å². The van der Waals surface area contributed by atoms with Gasteiger partial charge < -0.3 is 18.9 Å². The van der Waals surface area contributed by atoms with Gasteiger partial charge in [0.1, 0.15) is 6.10 Å². The van der Waals surface area contributed by atoms with E-state index in [4.69, 9.17) is 9.47 Å². The summed E-state index contributed by atoms with van der Waals surface area (Å²) in [5.74, 6) is -0.786. The van der Waals surface area contributed by atoms with Crippen molar-refractivity contribution in [1.82, 2.24) is 0 Å². The first-order valence-corrected chi connectivity index (χ1v) is 5.69. The lowest BCUT2D eigenvalue weighted by atomic mass is 10.1.